The number of amides is 1. The molecule has 0 aliphatic heterocycles. The predicted molar refractivity (Wildman–Crippen MR) is 72.1 cm³/mol. The monoisotopic (exact) mass is 261 g/mol. The van der Waals surface area contributed by atoms with Gasteiger partial charge in [-0.1, -0.05) is 31.5 Å². The van der Waals surface area contributed by atoms with E-state index in [0.29, 0.717) is 18.4 Å². The standard InChI is InChI=1S/C15H19NO3/c1-2-11-6-3-4-7-12(11)13(17)16-10-15(14(18)19)8-5-9-15/h3-4,6-7H,2,5,8-10H2,1H3,(H,16,17)(H,18,19). The summed E-state index contributed by atoms with van der Waals surface area (Å²) in [4.78, 5) is 23.4. The van der Waals surface area contributed by atoms with E-state index in [2.05, 4.69) is 5.32 Å². The zero-order valence-electron chi connectivity index (χ0n) is 11.1. The average molecular weight is 261 g/mol. The molecule has 1 fully saturated rings. The smallest absolute Gasteiger partial charge is 0.311 e. The topological polar surface area (TPSA) is 66.4 Å². The van der Waals surface area contributed by atoms with Gasteiger partial charge in [-0.05, 0) is 30.9 Å². The summed E-state index contributed by atoms with van der Waals surface area (Å²) in [6.45, 7) is 2.22. The van der Waals surface area contributed by atoms with E-state index in [1.807, 2.05) is 25.1 Å². The van der Waals surface area contributed by atoms with E-state index >= 15 is 0 Å². The molecule has 0 spiro atoms. The second kappa shape index (κ2) is 5.43. The molecule has 1 aliphatic carbocycles. The molecule has 1 aromatic carbocycles. The van der Waals surface area contributed by atoms with E-state index in [-0.39, 0.29) is 12.5 Å². The van der Waals surface area contributed by atoms with Crippen LogP contribution >= 0.6 is 0 Å². The van der Waals surface area contributed by atoms with E-state index in [4.69, 9.17) is 0 Å². The quantitative estimate of drug-likeness (QED) is 0.854. The van der Waals surface area contributed by atoms with Crippen LogP contribution in [0, 0.1) is 5.41 Å². The van der Waals surface area contributed by atoms with Crippen LogP contribution in [0.1, 0.15) is 42.1 Å². The van der Waals surface area contributed by atoms with Gasteiger partial charge in [-0.25, -0.2) is 0 Å². The van der Waals surface area contributed by atoms with Crippen LogP contribution in [0.3, 0.4) is 0 Å². The number of aliphatic carboxylic acids is 1. The number of carboxylic acid groups (broad SMARTS) is 1. The zero-order chi connectivity index (χ0) is 13.9. The summed E-state index contributed by atoms with van der Waals surface area (Å²) in [6.07, 6.45) is 3.01. The molecule has 2 N–H and O–H groups in total. The molecular weight excluding hydrogens is 242 g/mol. The second-order valence-corrected chi connectivity index (χ2v) is 5.13. The SMILES string of the molecule is CCc1ccccc1C(=O)NCC1(C(=O)O)CCC1. The molecule has 0 aromatic heterocycles. The van der Waals surface area contributed by atoms with E-state index < -0.39 is 11.4 Å². The van der Waals surface area contributed by atoms with E-state index in [1.165, 1.54) is 0 Å². The molecule has 1 amide bonds. The van der Waals surface area contributed by atoms with Gasteiger partial charge in [-0.15, -0.1) is 0 Å². The first kappa shape index (κ1) is 13.6. The molecule has 0 saturated heterocycles. The highest BCUT2D eigenvalue weighted by atomic mass is 16.4. The van der Waals surface area contributed by atoms with Crippen LogP contribution in [-0.2, 0) is 11.2 Å². The third kappa shape index (κ3) is 2.62. The van der Waals surface area contributed by atoms with Crippen LogP contribution < -0.4 is 5.32 Å². The van der Waals surface area contributed by atoms with Crippen molar-refractivity contribution in [1.82, 2.24) is 5.32 Å². The Balaban J connectivity index is 2.03. The van der Waals surface area contributed by atoms with E-state index in [0.717, 1.165) is 18.4 Å². The molecule has 4 nitrogen and oxygen atoms in total. The fourth-order valence-corrected chi connectivity index (χ4v) is 2.46. The van der Waals surface area contributed by atoms with Gasteiger partial charge in [0.25, 0.3) is 5.91 Å². The molecule has 0 bridgehead atoms. The van der Waals surface area contributed by atoms with Crippen molar-refractivity contribution in [1.29, 1.82) is 0 Å². The van der Waals surface area contributed by atoms with Gasteiger partial charge in [0.2, 0.25) is 0 Å². The Kier molecular flexibility index (Phi) is 3.88. The summed E-state index contributed by atoms with van der Waals surface area (Å²) in [5.74, 6) is -0.979. The maximum Gasteiger partial charge on any atom is 0.311 e. The summed E-state index contributed by atoms with van der Waals surface area (Å²) in [6, 6.07) is 7.43. The Morgan fingerprint density at radius 1 is 1.32 bits per heavy atom. The van der Waals surface area contributed by atoms with Crippen LogP contribution in [0.4, 0.5) is 0 Å². The van der Waals surface area contributed by atoms with Gasteiger partial charge < -0.3 is 10.4 Å². The van der Waals surface area contributed by atoms with Crippen molar-refractivity contribution in [3.05, 3.63) is 35.4 Å². The van der Waals surface area contributed by atoms with Crippen LogP contribution in [0.5, 0.6) is 0 Å². The number of hydrogen-bond donors (Lipinski definition) is 2. The fraction of sp³-hybridized carbons (Fsp3) is 0.467. The lowest BCUT2D eigenvalue weighted by molar-refractivity contribution is -0.153. The van der Waals surface area contributed by atoms with Gasteiger partial charge in [-0.3, -0.25) is 9.59 Å². The number of nitrogens with one attached hydrogen (secondary N) is 1. The molecule has 0 atom stereocenters. The molecule has 1 saturated carbocycles. The van der Waals surface area contributed by atoms with Crippen molar-refractivity contribution >= 4 is 11.9 Å². The maximum absolute atomic E-state index is 12.1. The summed E-state index contributed by atoms with van der Waals surface area (Å²) >= 11 is 0. The zero-order valence-corrected chi connectivity index (χ0v) is 11.1. The maximum atomic E-state index is 12.1. The normalized spacial score (nSPS) is 16.5. The molecular formula is C15H19NO3. The lowest BCUT2D eigenvalue weighted by Gasteiger charge is -2.37. The molecule has 0 radical (unpaired) electrons. The van der Waals surface area contributed by atoms with Crippen molar-refractivity contribution in [2.45, 2.75) is 32.6 Å². The van der Waals surface area contributed by atoms with Gasteiger partial charge in [0.1, 0.15) is 0 Å². The highest BCUT2D eigenvalue weighted by Gasteiger charge is 2.44. The molecule has 0 heterocycles. The van der Waals surface area contributed by atoms with Gasteiger partial charge in [-0.2, -0.15) is 0 Å². The lowest BCUT2D eigenvalue weighted by atomic mass is 9.69. The third-order valence-electron chi connectivity index (χ3n) is 3.99. The third-order valence-corrected chi connectivity index (χ3v) is 3.99. The minimum atomic E-state index is -0.803. The van der Waals surface area contributed by atoms with Crippen LogP contribution in [0.25, 0.3) is 0 Å². The first-order chi connectivity index (χ1) is 9.09. The lowest BCUT2D eigenvalue weighted by Crippen LogP contribution is -2.47. The molecule has 2 rings (SSSR count). The van der Waals surface area contributed by atoms with Crippen molar-refractivity contribution in [3.8, 4) is 0 Å². The number of carbonyl (C=O) groups excluding carboxylic acids is 1. The number of benzene rings is 1. The van der Waals surface area contributed by atoms with Gasteiger partial charge in [0.15, 0.2) is 0 Å². The molecule has 19 heavy (non-hydrogen) atoms. The molecule has 1 aliphatic rings. The molecule has 0 unspecified atom stereocenters. The second-order valence-electron chi connectivity index (χ2n) is 5.13. The van der Waals surface area contributed by atoms with Crippen molar-refractivity contribution < 1.29 is 14.7 Å². The van der Waals surface area contributed by atoms with Gasteiger partial charge >= 0.3 is 5.97 Å². The van der Waals surface area contributed by atoms with Crippen LogP contribution in [0.2, 0.25) is 0 Å². The van der Waals surface area contributed by atoms with Crippen LogP contribution in [-0.4, -0.2) is 23.5 Å². The minimum Gasteiger partial charge on any atom is -0.481 e. The Bertz CT molecular complexity index is 492. The van der Waals surface area contributed by atoms with E-state index in [9.17, 15) is 14.7 Å². The fourth-order valence-electron chi connectivity index (χ4n) is 2.46. The van der Waals surface area contributed by atoms with Crippen molar-refractivity contribution in [2.75, 3.05) is 6.54 Å². The average Bonchev–Trinajstić information content (AvgIpc) is 2.36. The predicted octanol–water partition coefficient (Wildman–Crippen LogP) is 2.23. The first-order valence-electron chi connectivity index (χ1n) is 6.68. The number of carbonyl (C=O) groups is 2. The minimum absolute atomic E-state index is 0.176. The molecule has 1 aromatic rings. The number of hydrogen-bond acceptors (Lipinski definition) is 2. The van der Waals surface area contributed by atoms with E-state index in [1.54, 1.807) is 6.07 Å². The van der Waals surface area contributed by atoms with Crippen molar-refractivity contribution in [2.24, 2.45) is 5.41 Å². The highest BCUT2D eigenvalue weighted by Crippen LogP contribution is 2.40. The Hall–Kier alpha value is -1.84. The number of aryl methyl sites for hydroxylation is 1. The number of carboxylic acids is 1. The van der Waals surface area contributed by atoms with Gasteiger partial charge in [0, 0.05) is 12.1 Å². The van der Waals surface area contributed by atoms with Crippen molar-refractivity contribution in [3.63, 3.8) is 0 Å². The highest BCUT2D eigenvalue weighted by molar-refractivity contribution is 5.96. The summed E-state index contributed by atoms with van der Waals surface area (Å²) in [5, 5.41) is 12.0. The number of rotatable bonds is 5. The summed E-state index contributed by atoms with van der Waals surface area (Å²) < 4.78 is 0. The summed E-state index contributed by atoms with van der Waals surface area (Å²) in [5.41, 5.74) is 0.888. The Morgan fingerprint density at radius 2 is 2.00 bits per heavy atom. The molecule has 102 valence electrons. The summed E-state index contributed by atoms with van der Waals surface area (Å²) in [7, 11) is 0. The van der Waals surface area contributed by atoms with Crippen LogP contribution in [0.15, 0.2) is 24.3 Å². The Morgan fingerprint density at radius 3 is 2.53 bits per heavy atom. The molecule has 4 heteroatoms. The Labute approximate surface area is 112 Å². The van der Waals surface area contributed by atoms with Gasteiger partial charge in [0.05, 0.1) is 5.41 Å². The largest absolute Gasteiger partial charge is 0.481 e. The first-order valence-corrected chi connectivity index (χ1v) is 6.68.